The van der Waals surface area contributed by atoms with Crippen molar-refractivity contribution in [3.05, 3.63) is 59.7 Å². The van der Waals surface area contributed by atoms with Gasteiger partial charge in [0.15, 0.2) is 11.5 Å². The lowest BCUT2D eigenvalue weighted by atomic mass is 10.1. The molecule has 2 heterocycles. The number of alkyl halides is 2. The van der Waals surface area contributed by atoms with E-state index in [0.717, 1.165) is 12.0 Å². The molecule has 0 aliphatic carbocycles. The van der Waals surface area contributed by atoms with Crippen LogP contribution < -0.4 is 14.8 Å². The molecule has 0 aromatic heterocycles. The third-order valence-corrected chi connectivity index (χ3v) is 5.48. The lowest BCUT2D eigenvalue weighted by molar-refractivity contribution is -0.286. The minimum atomic E-state index is -3.78. The monoisotopic (exact) mass is 445 g/mol. The SMILES string of the molecule is O=C(CN1CCCN(C(=O)c2cccc3c2OC(F)(F)O3)CC1)NCCc1ccccc1. The van der Waals surface area contributed by atoms with Crippen molar-refractivity contribution in [3.8, 4) is 11.5 Å². The first kappa shape index (κ1) is 22.0. The van der Waals surface area contributed by atoms with Crippen LogP contribution in [-0.4, -0.2) is 67.2 Å². The van der Waals surface area contributed by atoms with Crippen LogP contribution in [0.4, 0.5) is 8.78 Å². The van der Waals surface area contributed by atoms with Crippen LogP contribution in [0.1, 0.15) is 22.3 Å². The Morgan fingerprint density at radius 2 is 1.78 bits per heavy atom. The van der Waals surface area contributed by atoms with Gasteiger partial charge in [-0.2, -0.15) is 0 Å². The number of halogens is 2. The Labute approximate surface area is 184 Å². The Bertz CT molecular complexity index is 971. The number of rotatable bonds is 6. The van der Waals surface area contributed by atoms with Crippen LogP contribution in [0.5, 0.6) is 11.5 Å². The number of hydrogen-bond acceptors (Lipinski definition) is 5. The number of carbonyl (C=O) groups excluding carboxylic acids is 2. The van der Waals surface area contributed by atoms with Gasteiger partial charge in [-0.05, 0) is 30.5 Å². The van der Waals surface area contributed by atoms with Crippen molar-refractivity contribution in [1.29, 1.82) is 0 Å². The van der Waals surface area contributed by atoms with E-state index in [-0.39, 0.29) is 29.5 Å². The third-order valence-electron chi connectivity index (χ3n) is 5.48. The van der Waals surface area contributed by atoms with E-state index in [1.54, 1.807) is 4.90 Å². The van der Waals surface area contributed by atoms with E-state index in [0.29, 0.717) is 39.1 Å². The lowest BCUT2D eigenvalue weighted by Crippen LogP contribution is -2.40. The molecule has 2 amide bonds. The van der Waals surface area contributed by atoms with Gasteiger partial charge in [0.2, 0.25) is 5.91 Å². The van der Waals surface area contributed by atoms with Crippen molar-refractivity contribution in [3.63, 3.8) is 0 Å². The first-order chi connectivity index (χ1) is 15.4. The smallest absolute Gasteiger partial charge is 0.395 e. The quantitative estimate of drug-likeness (QED) is 0.740. The zero-order valence-corrected chi connectivity index (χ0v) is 17.6. The van der Waals surface area contributed by atoms with Gasteiger partial charge in [0.05, 0.1) is 12.1 Å². The highest BCUT2D eigenvalue weighted by molar-refractivity contribution is 5.98. The summed E-state index contributed by atoms with van der Waals surface area (Å²) in [6.07, 6.45) is -2.34. The van der Waals surface area contributed by atoms with Gasteiger partial charge in [-0.3, -0.25) is 14.5 Å². The van der Waals surface area contributed by atoms with Gasteiger partial charge in [0.1, 0.15) is 0 Å². The van der Waals surface area contributed by atoms with Gasteiger partial charge in [-0.15, -0.1) is 8.78 Å². The van der Waals surface area contributed by atoms with Gasteiger partial charge in [-0.1, -0.05) is 36.4 Å². The van der Waals surface area contributed by atoms with Crippen LogP contribution >= 0.6 is 0 Å². The molecule has 1 N–H and O–H groups in total. The highest BCUT2D eigenvalue weighted by Gasteiger charge is 2.45. The Kier molecular flexibility index (Phi) is 6.55. The van der Waals surface area contributed by atoms with Crippen molar-refractivity contribution in [2.24, 2.45) is 0 Å². The molecule has 170 valence electrons. The molecular weight excluding hydrogens is 420 g/mol. The fourth-order valence-electron chi connectivity index (χ4n) is 3.89. The minimum absolute atomic E-state index is 0.0479. The van der Waals surface area contributed by atoms with Gasteiger partial charge in [0.25, 0.3) is 5.91 Å². The summed E-state index contributed by atoms with van der Waals surface area (Å²) in [7, 11) is 0. The summed E-state index contributed by atoms with van der Waals surface area (Å²) in [4.78, 5) is 28.9. The molecule has 32 heavy (non-hydrogen) atoms. The molecule has 2 aliphatic heterocycles. The van der Waals surface area contributed by atoms with Gasteiger partial charge in [-0.25, -0.2) is 0 Å². The van der Waals surface area contributed by atoms with Crippen LogP contribution in [0.2, 0.25) is 0 Å². The molecule has 1 fully saturated rings. The Morgan fingerprint density at radius 1 is 0.969 bits per heavy atom. The number of benzene rings is 2. The Morgan fingerprint density at radius 3 is 2.59 bits per heavy atom. The maximum atomic E-state index is 13.4. The average molecular weight is 445 g/mol. The maximum absolute atomic E-state index is 13.4. The molecule has 9 heteroatoms. The number of carbonyl (C=O) groups is 2. The zero-order chi connectivity index (χ0) is 22.6. The average Bonchev–Trinajstić information content (AvgIpc) is 2.92. The van der Waals surface area contributed by atoms with E-state index in [4.69, 9.17) is 0 Å². The molecule has 0 atom stereocenters. The van der Waals surface area contributed by atoms with Crippen molar-refractivity contribution < 1.29 is 27.8 Å². The number of ether oxygens (including phenoxy) is 2. The fourth-order valence-corrected chi connectivity index (χ4v) is 3.89. The second kappa shape index (κ2) is 9.52. The third kappa shape index (κ3) is 5.34. The summed E-state index contributed by atoms with van der Waals surface area (Å²) < 4.78 is 35.8. The van der Waals surface area contributed by atoms with Crippen molar-refractivity contribution in [1.82, 2.24) is 15.1 Å². The van der Waals surface area contributed by atoms with Crippen LogP contribution in [0.3, 0.4) is 0 Å². The molecule has 0 bridgehead atoms. The van der Waals surface area contributed by atoms with Crippen LogP contribution in [0.25, 0.3) is 0 Å². The van der Waals surface area contributed by atoms with E-state index in [9.17, 15) is 18.4 Å². The van der Waals surface area contributed by atoms with Gasteiger partial charge < -0.3 is 19.7 Å². The lowest BCUT2D eigenvalue weighted by Gasteiger charge is -2.22. The molecule has 4 rings (SSSR count). The molecule has 2 aliphatic rings. The molecule has 0 unspecified atom stereocenters. The van der Waals surface area contributed by atoms with Crippen LogP contribution in [0, 0.1) is 0 Å². The molecule has 7 nitrogen and oxygen atoms in total. The largest absolute Gasteiger partial charge is 0.586 e. The van der Waals surface area contributed by atoms with Crippen molar-refractivity contribution in [2.45, 2.75) is 19.1 Å². The first-order valence-electron chi connectivity index (χ1n) is 10.6. The zero-order valence-electron chi connectivity index (χ0n) is 17.6. The highest BCUT2D eigenvalue weighted by atomic mass is 19.3. The van der Waals surface area contributed by atoms with E-state index in [2.05, 4.69) is 14.8 Å². The number of nitrogens with one attached hydrogen (secondary N) is 1. The maximum Gasteiger partial charge on any atom is 0.586 e. The summed E-state index contributed by atoms with van der Waals surface area (Å²) in [5.41, 5.74) is 1.21. The Hall–Kier alpha value is -3.20. The van der Waals surface area contributed by atoms with Crippen molar-refractivity contribution in [2.75, 3.05) is 39.3 Å². The van der Waals surface area contributed by atoms with Gasteiger partial charge >= 0.3 is 6.29 Å². The predicted octanol–water partition coefficient (Wildman–Crippen LogP) is 2.51. The number of para-hydroxylation sites is 1. The normalized spacial score (nSPS) is 17.6. The topological polar surface area (TPSA) is 71.1 Å². The summed E-state index contributed by atoms with van der Waals surface area (Å²) in [6.45, 7) is 2.84. The molecule has 2 aromatic carbocycles. The molecule has 0 radical (unpaired) electrons. The molecule has 1 saturated heterocycles. The summed E-state index contributed by atoms with van der Waals surface area (Å²) in [6, 6.07) is 14.2. The Balaban J connectivity index is 1.28. The minimum Gasteiger partial charge on any atom is -0.395 e. The number of fused-ring (bicyclic) bond motifs is 1. The summed E-state index contributed by atoms with van der Waals surface area (Å²) >= 11 is 0. The van der Waals surface area contributed by atoms with E-state index < -0.39 is 12.2 Å². The second-order valence-electron chi connectivity index (χ2n) is 7.81. The number of nitrogens with zero attached hydrogens (tertiary/aromatic N) is 2. The van der Waals surface area contributed by atoms with Crippen LogP contribution in [-0.2, 0) is 11.2 Å². The summed E-state index contributed by atoms with van der Waals surface area (Å²) in [5.74, 6) is -0.836. The number of hydrogen-bond donors (Lipinski definition) is 1. The summed E-state index contributed by atoms with van der Waals surface area (Å²) in [5, 5.41) is 2.93. The van der Waals surface area contributed by atoms with Crippen LogP contribution in [0.15, 0.2) is 48.5 Å². The highest BCUT2D eigenvalue weighted by Crippen LogP contribution is 2.43. The number of amides is 2. The fraction of sp³-hybridized carbons (Fsp3) is 0.391. The predicted molar refractivity (Wildman–Crippen MR) is 113 cm³/mol. The molecular formula is C23H25F2N3O4. The van der Waals surface area contributed by atoms with E-state index in [1.807, 2.05) is 35.2 Å². The molecule has 0 spiro atoms. The van der Waals surface area contributed by atoms with E-state index >= 15 is 0 Å². The standard InChI is InChI=1S/C23H25F2N3O4/c24-23(25)31-19-9-4-8-18(21(19)32-23)22(30)28-13-5-12-27(14-15-28)16-20(29)26-11-10-17-6-2-1-3-7-17/h1-4,6-9H,5,10-16H2,(H,26,29). The van der Waals surface area contributed by atoms with E-state index in [1.165, 1.54) is 18.2 Å². The molecule has 2 aromatic rings. The second-order valence-corrected chi connectivity index (χ2v) is 7.81. The van der Waals surface area contributed by atoms with Crippen molar-refractivity contribution >= 4 is 11.8 Å². The van der Waals surface area contributed by atoms with Gasteiger partial charge in [0, 0.05) is 32.7 Å². The first-order valence-corrected chi connectivity index (χ1v) is 10.6. The molecule has 0 saturated carbocycles.